The largest absolute Gasteiger partial charge is 0.481 e. The number of halogens is 1. The van der Waals surface area contributed by atoms with Crippen LogP contribution in [0.25, 0.3) is 0 Å². The van der Waals surface area contributed by atoms with Gasteiger partial charge in [-0.15, -0.1) is 0 Å². The highest BCUT2D eigenvalue weighted by Crippen LogP contribution is 2.32. The smallest absolute Gasteiger partial charge is 0.321 e. The molecule has 0 radical (unpaired) electrons. The van der Waals surface area contributed by atoms with Crippen LogP contribution in [-0.2, 0) is 4.79 Å². The number of carbonyl (C=O) groups excluding carboxylic acids is 1. The minimum Gasteiger partial charge on any atom is -0.481 e. The number of hydrogen-bond donors (Lipinski definition) is 2. The molecular weight excluding hydrogens is 326 g/mol. The van der Waals surface area contributed by atoms with Crippen LogP contribution in [0.3, 0.4) is 0 Å². The standard InChI is InChI=1S/C14H16ClN3O5/c1-8-5-9(13(19)20)7-17(6-8)14(21)16-10-3-2-4-11(12(10)15)18(22)23/h2-4,8-9H,5-7H2,1H3,(H,16,21)(H,19,20). The Kier molecular flexibility index (Phi) is 5.05. The van der Waals surface area contributed by atoms with E-state index < -0.39 is 22.8 Å². The summed E-state index contributed by atoms with van der Waals surface area (Å²) >= 11 is 5.93. The van der Waals surface area contributed by atoms with Crippen molar-refractivity contribution in [2.75, 3.05) is 18.4 Å². The average molecular weight is 342 g/mol. The molecule has 8 nitrogen and oxygen atoms in total. The van der Waals surface area contributed by atoms with E-state index in [0.717, 1.165) is 0 Å². The molecule has 9 heteroatoms. The van der Waals surface area contributed by atoms with Crippen LogP contribution in [0.4, 0.5) is 16.2 Å². The number of carboxylic acid groups (broad SMARTS) is 1. The first-order valence-electron chi connectivity index (χ1n) is 7.01. The first-order chi connectivity index (χ1) is 10.8. The molecule has 1 fully saturated rings. The molecule has 1 aromatic carbocycles. The Hall–Kier alpha value is -2.35. The normalized spacial score (nSPS) is 20.9. The van der Waals surface area contributed by atoms with Gasteiger partial charge in [-0.05, 0) is 18.4 Å². The molecule has 2 amide bonds. The highest BCUT2D eigenvalue weighted by atomic mass is 35.5. The van der Waals surface area contributed by atoms with Crippen molar-refractivity contribution in [3.05, 3.63) is 33.3 Å². The van der Waals surface area contributed by atoms with Crippen molar-refractivity contribution >= 4 is 35.0 Å². The Morgan fingerprint density at radius 1 is 1.43 bits per heavy atom. The van der Waals surface area contributed by atoms with Crippen molar-refractivity contribution in [3.63, 3.8) is 0 Å². The molecule has 1 saturated heterocycles. The van der Waals surface area contributed by atoms with Crippen LogP contribution >= 0.6 is 11.6 Å². The lowest BCUT2D eigenvalue weighted by Crippen LogP contribution is -2.47. The van der Waals surface area contributed by atoms with Gasteiger partial charge in [0.15, 0.2) is 0 Å². The third kappa shape index (κ3) is 3.89. The molecule has 2 rings (SSSR count). The second-order valence-corrected chi connectivity index (χ2v) is 5.98. The molecule has 0 aromatic heterocycles. The summed E-state index contributed by atoms with van der Waals surface area (Å²) in [6, 6.07) is 3.58. The Morgan fingerprint density at radius 3 is 2.74 bits per heavy atom. The number of aliphatic carboxylic acids is 1. The Bertz CT molecular complexity index is 651. The maximum absolute atomic E-state index is 12.3. The second-order valence-electron chi connectivity index (χ2n) is 5.61. The Labute approximate surface area is 137 Å². The van der Waals surface area contributed by atoms with Gasteiger partial charge in [-0.25, -0.2) is 4.79 Å². The number of nitrogens with one attached hydrogen (secondary N) is 1. The summed E-state index contributed by atoms with van der Waals surface area (Å²) in [6.45, 7) is 2.38. The van der Waals surface area contributed by atoms with Crippen LogP contribution in [0.5, 0.6) is 0 Å². The second kappa shape index (κ2) is 6.82. The van der Waals surface area contributed by atoms with Gasteiger partial charge in [0.25, 0.3) is 5.69 Å². The number of rotatable bonds is 3. The van der Waals surface area contributed by atoms with E-state index in [9.17, 15) is 19.7 Å². The summed E-state index contributed by atoms with van der Waals surface area (Å²) in [4.78, 5) is 35.1. The molecule has 1 aliphatic rings. The van der Waals surface area contributed by atoms with Crippen LogP contribution in [-0.4, -0.2) is 40.0 Å². The van der Waals surface area contributed by atoms with Crippen LogP contribution in [0.2, 0.25) is 5.02 Å². The molecule has 2 unspecified atom stereocenters. The number of amides is 2. The van der Waals surface area contributed by atoms with Gasteiger partial charge in [0.05, 0.1) is 16.5 Å². The highest BCUT2D eigenvalue weighted by Gasteiger charge is 2.32. The molecule has 0 spiro atoms. The van der Waals surface area contributed by atoms with Gasteiger partial charge < -0.3 is 15.3 Å². The minimum atomic E-state index is -0.942. The minimum absolute atomic E-state index is 0.0520. The molecule has 1 heterocycles. The third-order valence-electron chi connectivity index (χ3n) is 3.71. The van der Waals surface area contributed by atoms with E-state index in [-0.39, 0.29) is 28.9 Å². The summed E-state index contributed by atoms with van der Waals surface area (Å²) in [6.07, 6.45) is 0.511. The molecule has 0 bridgehead atoms. The number of piperidine rings is 1. The number of carbonyl (C=O) groups is 2. The number of carboxylic acids is 1. The third-order valence-corrected chi connectivity index (χ3v) is 4.11. The van der Waals surface area contributed by atoms with E-state index in [1.807, 2.05) is 6.92 Å². The molecule has 23 heavy (non-hydrogen) atoms. The van der Waals surface area contributed by atoms with E-state index in [2.05, 4.69) is 5.32 Å². The van der Waals surface area contributed by atoms with Crippen molar-refractivity contribution in [3.8, 4) is 0 Å². The van der Waals surface area contributed by atoms with Gasteiger partial charge in [0, 0.05) is 19.2 Å². The molecule has 2 N–H and O–H groups in total. The van der Waals surface area contributed by atoms with Crippen LogP contribution in [0.1, 0.15) is 13.3 Å². The number of nitrogens with zero attached hydrogens (tertiary/aromatic N) is 2. The molecule has 0 saturated carbocycles. The van der Waals surface area contributed by atoms with Crippen molar-refractivity contribution < 1.29 is 19.6 Å². The van der Waals surface area contributed by atoms with E-state index in [0.29, 0.717) is 13.0 Å². The highest BCUT2D eigenvalue weighted by molar-refractivity contribution is 6.35. The monoisotopic (exact) mass is 341 g/mol. The number of anilines is 1. The van der Waals surface area contributed by atoms with Crippen molar-refractivity contribution in [2.45, 2.75) is 13.3 Å². The van der Waals surface area contributed by atoms with Crippen molar-refractivity contribution in [2.24, 2.45) is 11.8 Å². The van der Waals surface area contributed by atoms with Crippen LogP contribution in [0, 0.1) is 22.0 Å². The number of hydrogen-bond acceptors (Lipinski definition) is 4. The fourth-order valence-corrected chi connectivity index (χ4v) is 2.89. The fourth-order valence-electron chi connectivity index (χ4n) is 2.65. The topological polar surface area (TPSA) is 113 Å². The lowest BCUT2D eigenvalue weighted by atomic mass is 9.91. The van der Waals surface area contributed by atoms with Crippen molar-refractivity contribution in [1.29, 1.82) is 0 Å². The van der Waals surface area contributed by atoms with Crippen molar-refractivity contribution in [1.82, 2.24) is 4.90 Å². The lowest BCUT2D eigenvalue weighted by molar-refractivity contribution is -0.384. The summed E-state index contributed by atoms with van der Waals surface area (Å²) in [7, 11) is 0. The first-order valence-corrected chi connectivity index (χ1v) is 7.39. The molecule has 1 aliphatic heterocycles. The number of nitro groups is 1. The number of nitro benzene ring substituents is 1. The zero-order valence-electron chi connectivity index (χ0n) is 12.4. The van der Waals surface area contributed by atoms with Crippen LogP contribution in [0.15, 0.2) is 18.2 Å². The maximum atomic E-state index is 12.3. The molecule has 124 valence electrons. The first kappa shape index (κ1) is 17.0. The summed E-state index contributed by atoms with van der Waals surface area (Å²) in [5.41, 5.74) is -0.184. The molecule has 2 atom stereocenters. The zero-order valence-corrected chi connectivity index (χ0v) is 13.1. The SMILES string of the molecule is CC1CC(C(=O)O)CN(C(=O)Nc2cccc([N+](=O)[O-])c2Cl)C1. The summed E-state index contributed by atoms with van der Waals surface area (Å²) in [5, 5.41) is 22.3. The number of urea groups is 1. The Balaban J connectivity index is 2.14. The van der Waals surface area contributed by atoms with E-state index >= 15 is 0 Å². The fraction of sp³-hybridized carbons (Fsp3) is 0.429. The summed E-state index contributed by atoms with van der Waals surface area (Å²) in [5.74, 6) is -1.51. The lowest BCUT2D eigenvalue weighted by Gasteiger charge is -2.34. The van der Waals surface area contributed by atoms with Gasteiger partial charge in [-0.1, -0.05) is 24.6 Å². The van der Waals surface area contributed by atoms with Gasteiger partial charge in [0.2, 0.25) is 0 Å². The van der Waals surface area contributed by atoms with E-state index in [4.69, 9.17) is 16.7 Å². The number of benzene rings is 1. The van der Waals surface area contributed by atoms with Gasteiger partial charge in [-0.3, -0.25) is 14.9 Å². The van der Waals surface area contributed by atoms with Gasteiger partial charge >= 0.3 is 12.0 Å². The quantitative estimate of drug-likeness (QED) is 0.648. The molecule has 1 aromatic rings. The molecule has 0 aliphatic carbocycles. The van der Waals surface area contributed by atoms with Gasteiger partial charge in [0.1, 0.15) is 5.02 Å². The van der Waals surface area contributed by atoms with Gasteiger partial charge in [-0.2, -0.15) is 0 Å². The maximum Gasteiger partial charge on any atom is 0.321 e. The van der Waals surface area contributed by atoms with Crippen LogP contribution < -0.4 is 5.32 Å². The van der Waals surface area contributed by atoms with E-state index in [1.165, 1.54) is 23.1 Å². The van der Waals surface area contributed by atoms with E-state index in [1.54, 1.807) is 0 Å². The predicted octanol–water partition coefficient (Wildman–Crippen LogP) is 2.82. The predicted molar refractivity (Wildman–Crippen MR) is 83.6 cm³/mol. The summed E-state index contributed by atoms with van der Waals surface area (Å²) < 4.78 is 0. The number of likely N-dealkylation sites (tertiary alicyclic amines) is 1. The average Bonchev–Trinajstić information content (AvgIpc) is 2.48. The Morgan fingerprint density at radius 2 is 2.13 bits per heavy atom. The molecular formula is C14H16ClN3O5. The zero-order chi connectivity index (χ0) is 17.1.